The minimum atomic E-state index is 0.316. The van der Waals surface area contributed by atoms with Crippen LogP contribution >= 0.6 is 0 Å². The summed E-state index contributed by atoms with van der Waals surface area (Å²) in [6.45, 7) is 2.73. The zero-order valence-electron chi connectivity index (χ0n) is 4.39. The van der Waals surface area contributed by atoms with Gasteiger partial charge in [0.15, 0.2) is 0 Å². The van der Waals surface area contributed by atoms with Gasteiger partial charge in [-0.3, -0.25) is 0 Å². The highest BCUT2D eigenvalue weighted by atomic mass is 16.5. The average molecular weight is 99.1 g/mol. The van der Waals surface area contributed by atoms with E-state index in [2.05, 4.69) is 5.92 Å². The number of terminal acetylenes is 1. The molecule has 0 atom stereocenters. The predicted molar refractivity (Wildman–Crippen MR) is 27.9 cm³/mol. The summed E-state index contributed by atoms with van der Waals surface area (Å²) in [7, 11) is 0. The van der Waals surface area contributed by atoms with Crippen molar-refractivity contribution in [2.45, 2.75) is 6.92 Å². The third-order valence-corrected chi connectivity index (χ3v) is 0.639. The zero-order valence-corrected chi connectivity index (χ0v) is 4.39. The minimum absolute atomic E-state index is 0.316. The predicted octanol–water partition coefficient (Wildman–Crippen LogP) is 0.331. The highest BCUT2D eigenvalue weighted by molar-refractivity contribution is 4.85. The third-order valence-electron chi connectivity index (χ3n) is 0.639. The van der Waals surface area contributed by atoms with Gasteiger partial charge in [0.2, 0.25) is 0 Å². The maximum absolute atomic E-state index is 8.55. The normalized spacial score (nSPS) is 8.86. The van der Waals surface area contributed by atoms with Gasteiger partial charge in [-0.25, -0.2) is 0 Å². The molecule has 0 bridgehead atoms. The molecule has 2 nitrogen and oxygen atoms in total. The monoisotopic (exact) mass is 99.1 g/mol. The van der Waals surface area contributed by atoms with Gasteiger partial charge in [0, 0.05) is 6.54 Å². The van der Waals surface area contributed by atoms with Gasteiger partial charge in [0.05, 0.1) is 6.54 Å². The molecule has 0 aliphatic heterocycles. The Morgan fingerprint density at radius 3 is 2.57 bits per heavy atom. The van der Waals surface area contributed by atoms with Crippen molar-refractivity contribution in [2.24, 2.45) is 0 Å². The molecular weight excluding hydrogens is 90.1 g/mol. The SMILES string of the molecule is C#CCN(O)CC. The van der Waals surface area contributed by atoms with Gasteiger partial charge in [-0.15, -0.1) is 6.42 Å². The van der Waals surface area contributed by atoms with Crippen molar-refractivity contribution in [2.75, 3.05) is 13.1 Å². The van der Waals surface area contributed by atoms with Crippen LogP contribution in [0.3, 0.4) is 0 Å². The van der Waals surface area contributed by atoms with Gasteiger partial charge in [0.1, 0.15) is 0 Å². The molecule has 7 heavy (non-hydrogen) atoms. The first kappa shape index (κ1) is 6.48. The molecule has 1 N–H and O–H groups in total. The highest BCUT2D eigenvalue weighted by Crippen LogP contribution is 1.73. The summed E-state index contributed by atoms with van der Waals surface area (Å²) in [6, 6.07) is 0. The molecule has 2 heteroatoms. The summed E-state index contributed by atoms with van der Waals surface area (Å²) in [6.07, 6.45) is 4.85. The number of rotatable bonds is 2. The molecule has 0 spiro atoms. The Labute approximate surface area is 43.7 Å². The second-order valence-electron chi connectivity index (χ2n) is 1.18. The van der Waals surface area contributed by atoms with Crippen LogP contribution in [0.2, 0.25) is 0 Å². The number of nitrogens with zero attached hydrogens (tertiary/aromatic N) is 1. The second kappa shape index (κ2) is 3.66. The van der Waals surface area contributed by atoms with Gasteiger partial charge in [0.25, 0.3) is 0 Å². The first-order valence-corrected chi connectivity index (χ1v) is 2.18. The first-order chi connectivity index (χ1) is 3.31. The van der Waals surface area contributed by atoms with Crippen molar-refractivity contribution in [3.8, 4) is 12.3 Å². The van der Waals surface area contributed by atoms with E-state index < -0.39 is 0 Å². The molecule has 0 aromatic heterocycles. The van der Waals surface area contributed by atoms with Crippen LogP contribution in [0.5, 0.6) is 0 Å². The molecule has 0 aromatic rings. The third kappa shape index (κ3) is 3.31. The zero-order chi connectivity index (χ0) is 5.70. The van der Waals surface area contributed by atoms with Gasteiger partial charge in [-0.05, 0) is 0 Å². The molecule has 0 amide bonds. The van der Waals surface area contributed by atoms with Crippen molar-refractivity contribution in [1.82, 2.24) is 5.06 Å². The number of hydrogen-bond donors (Lipinski definition) is 1. The van der Waals surface area contributed by atoms with Gasteiger partial charge in [-0.1, -0.05) is 12.8 Å². The summed E-state index contributed by atoms with van der Waals surface area (Å²) < 4.78 is 0. The van der Waals surface area contributed by atoms with Crippen molar-refractivity contribution in [1.29, 1.82) is 0 Å². The molecule has 0 heterocycles. The van der Waals surface area contributed by atoms with Crippen LogP contribution in [0.4, 0.5) is 0 Å². The molecular formula is C5H9NO. The lowest BCUT2D eigenvalue weighted by Gasteiger charge is -2.04. The van der Waals surface area contributed by atoms with E-state index in [1.165, 1.54) is 0 Å². The molecule has 0 aliphatic rings. The van der Waals surface area contributed by atoms with E-state index in [4.69, 9.17) is 11.6 Å². The highest BCUT2D eigenvalue weighted by Gasteiger charge is 1.86. The fourth-order valence-electron chi connectivity index (χ4n) is 0.217. The van der Waals surface area contributed by atoms with Crippen molar-refractivity contribution >= 4 is 0 Å². The Morgan fingerprint density at radius 1 is 1.86 bits per heavy atom. The Hall–Kier alpha value is -0.520. The van der Waals surface area contributed by atoms with E-state index in [0.717, 1.165) is 5.06 Å². The van der Waals surface area contributed by atoms with Crippen molar-refractivity contribution < 1.29 is 5.21 Å². The van der Waals surface area contributed by atoms with Crippen LogP contribution in [0.15, 0.2) is 0 Å². The summed E-state index contributed by atoms with van der Waals surface area (Å²) in [5.41, 5.74) is 0. The molecule has 0 saturated carbocycles. The number of hydrogen-bond acceptors (Lipinski definition) is 2. The topological polar surface area (TPSA) is 23.5 Å². The molecule has 0 rings (SSSR count). The van der Waals surface area contributed by atoms with Crippen molar-refractivity contribution in [3.05, 3.63) is 0 Å². The molecule has 0 aromatic carbocycles. The van der Waals surface area contributed by atoms with Crippen LogP contribution in [0.25, 0.3) is 0 Å². The quantitative estimate of drug-likeness (QED) is 0.398. The van der Waals surface area contributed by atoms with Crippen LogP contribution < -0.4 is 0 Å². The molecule has 0 radical (unpaired) electrons. The molecule has 40 valence electrons. The first-order valence-electron chi connectivity index (χ1n) is 2.18. The minimum Gasteiger partial charge on any atom is -0.313 e. The van der Waals surface area contributed by atoms with Gasteiger partial charge >= 0.3 is 0 Å². The molecule has 0 unspecified atom stereocenters. The Morgan fingerprint density at radius 2 is 2.43 bits per heavy atom. The van der Waals surface area contributed by atoms with Gasteiger partial charge in [-0.2, -0.15) is 5.06 Å². The second-order valence-corrected chi connectivity index (χ2v) is 1.18. The Kier molecular flexibility index (Phi) is 3.39. The smallest absolute Gasteiger partial charge is 0.0846 e. The van der Waals surface area contributed by atoms with Gasteiger partial charge < -0.3 is 5.21 Å². The lowest BCUT2D eigenvalue weighted by molar-refractivity contribution is -0.0733. The van der Waals surface area contributed by atoms with Crippen LogP contribution in [0, 0.1) is 12.3 Å². The van der Waals surface area contributed by atoms with Crippen LogP contribution in [-0.2, 0) is 0 Å². The maximum Gasteiger partial charge on any atom is 0.0846 e. The van der Waals surface area contributed by atoms with E-state index in [1.54, 1.807) is 0 Å². The average Bonchev–Trinajstić information content (AvgIpc) is 1.68. The van der Waals surface area contributed by atoms with E-state index in [-0.39, 0.29) is 0 Å². The van der Waals surface area contributed by atoms with E-state index in [0.29, 0.717) is 13.1 Å². The fraction of sp³-hybridized carbons (Fsp3) is 0.600. The molecule has 0 fully saturated rings. The number of hydroxylamine groups is 2. The summed E-state index contributed by atoms with van der Waals surface area (Å²) in [5.74, 6) is 2.29. The molecule has 0 saturated heterocycles. The lowest BCUT2D eigenvalue weighted by atomic mass is 10.6. The van der Waals surface area contributed by atoms with E-state index in [9.17, 15) is 0 Å². The molecule has 0 aliphatic carbocycles. The van der Waals surface area contributed by atoms with Crippen LogP contribution in [0.1, 0.15) is 6.92 Å². The summed E-state index contributed by atoms with van der Waals surface area (Å²) in [4.78, 5) is 0. The fourth-order valence-corrected chi connectivity index (χ4v) is 0.217. The van der Waals surface area contributed by atoms with E-state index in [1.807, 2.05) is 6.92 Å². The summed E-state index contributed by atoms with van der Waals surface area (Å²) in [5, 5.41) is 9.62. The lowest BCUT2D eigenvalue weighted by Crippen LogP contribution is -2.17. The standard InChI is InChI=1S/C5H9NO/c1-3-5-6(7)4-2/h1,7H,4-5H2,2H3. The Balaban J connectivity index is 3.03. The van der Waals surface area contributed by atoms with Crippen molar-refractivity contribution in [3.63, 3.8) is 0 Å². The summed E-state index contributed by atoms with van der Waals surface area (Å²) >= 11 is 0. The van der Waals surface area contributed by atoms with E-state index >= 15 is 0 Å². The Bertz CT molecular complexity index is 74.6. The van der Waals surface area contributed by atoms with Crippen LogP contribution in [-0.4, -0.2) is 23.4 Å². The maximum atomic E-state index is 8.55. The largest absolute Gasteiger partial charge is 0.313 e.